The number of rotatable bonds is 1. The lowest BCUT2D eigenvalue weighted by Crippen LogP contribution is -2.16. The van der Waals surface area contributed by atoms with Gasteiger partial charge in [0, 0.05) is 24.3 Å². The second kappa shape index (κ2) is 3.21. The van der Waals surface area contributed by atoms with E-state index in [0.717, 1.165) is 16.6 Å². The second-order valence-electron chi connectivity index (χ2n) is 2.30. The second-order valence-corrected chi connectivity index (χ2v) is 3.16. The van der Waals surface area contributed by atoms with Gasteiger partial charge in [0.05, 0.1) is 6.61 Å². The number of likely N-dealkylation sites (N-methyl/N-ethyl adjacent to an activating group) is 1. The zero-order chi connectivity index (χ0) is 7.56. The summed E-state index contributed by atoms with van der Waals surface area (Å²) in [6.45, 7) is 0.996. The summed E-state index contributed by atoms with van der Waals surface area (Å²) in [6, 6.07) is 0. The van der Waals surface area contributed by atoms with Crippen molar-refractivity contribution in [3.8, 4) is 0 Å². The Balaban J connectivity index is 2.71. The highest BCUT2D eigenvalue weighted by Crippen LogP contribution is 2.20. The molecule has 0 bridgehead atoms. The number of hydrogen-bond donors (Lipinski definition) is 1. The van der Waals surface area contributed by atoms with Gasteiger partial charge in [-0.2, -0.15) is 0 Å². The van der Waals surface area contributed by atoms with E-state index in [4.69, 9.17) is 5.11 Å². The van der Waals surface area contributed by atoms with Gasteiger partial charge in [-0.3, -0.25) is 0 Å². The highest BCUT2D eigenvalue weighted by molar-refractivity contribution is 9.12. The quantitative estimate of drug-likeness (QED) is 0.690. The third-order valence-electron chi connectivity index (χ3n) is 1.44. The molecule has 0 aromatic carbocycles. The van der Waals surface area contributed by atoms with E-state index in [1.807, 2.05) is 24.2 Å². The molecule has 1 heterocycles. The number of aliphatic hydroxyl groups is 1. The van der Waals surface area contributed by atoms with Crippen molar-refractivity contribution in [1.82, 2.24) is 4.90 Å². The van der Waals surface area contributed by atoms with Crippen molar-refractivity contribution >= 4 is 15.9 Å². The summed E-state index contributed by atoms with van der Waals surface area (Å²) in [5.41, 5.74) is 0.970. The molecule has 0 radical (unpaired) electrons. The van der Waals surface area contributed by atoms with Crippen molar-refractivity contribution in [2.45, 2.75) is 0 Å². The molecule has 0 amide bonds. The summed E-state index contributed by atoms with van der Waals surface area (Å²) in [4.78, 5) is 2.04. The van der Waals surface area contributed by atoms with Crippen LogP contribution in [0.15, 0.2) is 22.3 Å². The van der Waals surface area contributed by atoms with E-state index in [0.29, 0.717) is 0 Å². The fraction of sp³-hybridized carbons (Fsp3) is 0.429. The van der Waals surface area contributed by atoms with Crippen LogP contribution in [0.25, 0.3) is 0 Å². The van der Waals surface area contributed by atoms with Crippen molar-refractivity contribution < 1.29 is 5.11 Å². The largest absolute Gasteiger partial charge is 0.392 e. The molecule has 1 aliphatic rings. The van der Waals surface area contributed by atoms with E-state index in [9.17, 15) is 0 Å². The highest BCUT2D eigenvalue weighted by Gasteiger charge is 2.06. The standard InChI is InChI=1S/C7H10BrNO/c1-9-3-2-6(5-10)7(8)4-9/h2,4,10H,3,5H2,1H3. The van der Waals surface area contributed by atoms with Crippen molar-refractivity contribution in [2.75, 3.05) is 20.2 Å². The van der Waals surface area contributed by atoms with Gasteiger partial charge >= 0.3 is 0 Å². The molecule has 10 heavy (non-hydrogen) atoms. The molecule has 0 atom stereocenters. The van der Waals surface area contributed by atoms with E-state index >= 15 is 0 Å². The van der Waals surface area contributed by atoms with E-state index in [2.05, 4.69) is 15.9 Å². The Hall–Kier alpha value is -0.280. The molecule has 2 nitrogen and oxygen atoms in total. The molecule has 0 saturated heterocycles. The maximum absolute atomic E-state index is 8.79. The van der Waals surface area contributed by atoms with Crippen LogP contribution in [-0.4, -0.2) is 30.2 Å². The Bertz CT molecular complexity index is 186. The molecule has 1 N–H and O–H groups in total. The first-order valence-electron chi connectivity index (χ1n) is 3.12. The number of nitrogens with zero attached hydrogens (tertiary/aromatic N) is 1. The van der Waals surface area contributed by atoms with Crippen molar-refractivity contribution in [3.05, 3.63) is 22.3 Å². The lowest BCUT2D eigenvalue weighted by atomic mass is 10.2. The number of hydrogen-bond acceptors (Lipinski definition) is 2. The lowest BCUT2D eigenvalue weighted by molar-refractivity contribution is 0.331. The van der Waals surface area contributed by atoms with Crippen LogP contribution in [0.1, 0.15) is 0 Å². The third kappa shape index (κ3) is 1.61. The Morgan fingerprint density at radius 2 is 2.50 bits per heavy atom. The first-order chi connectivity index (χ1) is 4.74. The molecule has 56 valence electrons. The summed E-state index contributed by atoms with van der Waals surface area (Å²) in [5, 5.41) is 8.79. The SMILES string of the molecule is CN1C=C(Br)C(CO)=CC1. The molecular formula is C7H10BrNO. The predicted octanol–water partition coefficient (Wildman–Crippen LogP) is 1.09. The average Bonchev–Trinajstić information content (AvgIpc) is 1.88. The first-order valence-corrected chi connectivity index (χ1v) is 3.91. The van der Waals surface area contributed by atoms with Crippen molar-refractivity contribution in [2.24, 2.45) is 0 Å². The van der Waals surface area contributed by atoms with Crippen LogP contribution in [0.2, 0.25) is 0 Å². The minimum Gasteiger partial charge on any atom is -0.392 e. The van der Waals surface area contributed by atoms with E-state index in [1.165, 1.54) is 0 Å². The zero-order valence-corrected chi connectivity index (χ0v) is 7.43. The van der Waals surface area contributed by atoms with Gasteiger partial charge in [0.15, 0.2) is 0 Å². The monoisotopic (exact) mass is 203 g/mol. The average molecular weight is 204 g/mol. The Morgan fingerprint density at radius 3 is 3.00 bits per heavy atom. The Morgan fingerprint density at radius 1 is 1.80 bits per heavy atom. The molecule has 1 aliphatic heterocycles. The van der Waals surface area contributed by atoms with E-state index in [-0.39, 0.29) is 6.61 Å². The summed E-state index contributed by atoms with van der Waals surface area (Å²) >= 11 is 3.35. The summed E-state index contributed by atoms with van der Waals surface area (Å²) in [7, 11) is 1.99. The van der Waals surface area contributed by atoms with Crippen molar-refractivity contribution in [3.63, 3.8) is 0 Å². The molecule has 0 saturated carbocycles. The molecule has 0 spiro atoms. The first kappa shape index (κ1) is 7.82. The Labute approximate surface area is 69.0 Å². The molecule has 0 aromatic heterocycles. The highest BCUT2D eigenvalue weighted by atomic mass is 79.9. The van der Waals surface area contributed by atoms with Gasteiger partial charge in [0.1, 0.15) is 0 Å². The molecule has 3 heteroatoms. The van der Waals surface area contributed by atoms with Crippen LogP contribution in [-0.2, 0) is 0 Å². The van der Waals surface area contributed by atoms with Crippen LogP contribution in [0, 0.1) is 0 Å². The number of halogens is 1. The van der Waals surface area contributed by atoms with Crippen LogP contribution in [0.3, 0.4) is 0 Å². The van der Waals surface area contributed by atoms with Gasteiger partial charge in [-0.25, -0.2) is 0 Å². The fourth-order valence-electron chi connectivity index (χ4n) is 0.821. The maximum atomic E-state index is 8.79. The topological polar surface area (TPSA) is 23.5 Å². The Kier molecular flexibility index (Phi) is 2.51. The molecule has 0 aliphatic carbocycles. The fourth-order valence-corrected chi connectivity index (χ4v) is 1.46. The van der Waals surface area contributed by atoms with Crippen LogP contribution in [0.5, 0.6) is 0 Å². The molecule has 0 unspecified atom stereocenters. The maximum Gasteiger partial charge on any atom is 0.0690 e. The smallest absolute Gasteiger partial charge is 0.0690 e. The lowest BCUT2D eigenvalue weighted by Gasteiger charge is -2.18. The number of aliphatic hydroxyl groups excluding tert-OH is 1. The van der Waals surface area contributed by atoms with Crippen LogP contribution in [0.4, 0.5) is 0 Å². The minimum atomic E-state index is 0.116. The normalized spacial score (nSPS) is 18.5. The van der Waals surface area contributed by atoms with Crippen molar-refractivity contribution in [1.29, 1.82) is 0 Å². The summed E-state index contributed by atoms with van der Waals surface area (Å²) in [6.07, 6.45) is 3.97. The predicted molar refractivity (Wildman–Crippen MR) is 44.8 cm³/mol. The molecular weight excluding hydrogens is 194 g/mol. The summed E-state index contributed by atoms with van der Waals surface area (Å²) < 4.78 is 0.976. The zero-order valence-electron chi connectivity index (χ0n) is 5.84. The van der Waals surface area contributed by atoms with Gasteiger partial charge in [0.25, 0.3) is 0 Å². The summed E-state index contributed by atoms with van der Waals surface area (Å²) in [5.74, 6) is 0. The molecule has 0 fully saturated rings. The van der Waals surface area contributed by atoms with E-state index in [1.54, 1.807) is 0 Å². The van der Waals surface area contributed by atoms with Gasteiger partial charge < -0.3 is 10.0 Å². The van der Waals surface area contributed by atoms with E-state index < -0.39 is 0 Å². The third-order valence-corrected chi connectivity index (χ3v) is 2.15. The van der Waals surface area contributed by atoms with Gasteiger partial charge in [0.2, 0.25) is 0 Å². The van der Waals surface area contributed by atoms with Gasteiger partial charge in [-0.05, 0) is 21.5 Å². The molecule has 0 aromatic rings. The molecule has 1 rings (SSSR count). The van der Waals surface area contributed by atoms with Crippen LogP contribution < -0.4 is 0 Å². The minimum absolute atomic E-state index is 0.116. The van der Waals surface area contributed by atoms with Gasteiger partial charge in [-0.1, -0.05) is 6.08 Å². The van der Waals surface area contributed by atoms with Gasteiger partial charge in [-0.15, -0.1) is 0 Å². The van der Waals surface area contributed by atoms with Crippen LogP contribution >= 0.6 is 15.9 Å².